The lowest BCUT2D eigenvalue weighted by atomic mass is 10.1. The van der Waals surface area contributed by atoms with Crippen molar-refractivity contribution in [2.45, 2.75) is 6.92 Å². The number of aromatic nitrogens is 1. The first kappa shape index (κ1) is 13.1. The maximum absolute atomic E-state index is 12.4. The lowest BCUT2D eigenvalue weighted by Gasteiger charge is -2.03. The van der Waals surface area contributed by atoms with Crippen LogP contribution in [0.25, 0.3) is 5.76 Å². The van der Waals surface area contributed by atoms with Crippen LogP contribution < -0.4 is 5.73 Å². The summed E-state index contributed by atoms with van der Waals surface area (Å²) < 4.78 is 0. The second-order valence-corrected chi connectivity index (χ2v) is 4.71. The Bertz CT molecular complexity index is 807. The number of benzene rings is 1. The van der Waals surface area contributed by atoms with E-state index in [0.717, 1.165) is 0 Å². The molecule has 0 saturated heterocycles. The molecule has 1 aromatic carbocycles. The largest absolute Gasteiger partial charge is 0.506 e. The monoisotopic (exact) mass is 279 g/mol. The van der Waals surface area contributed by atoms with Crippen LogP contribution in [0.2, 0.25) is 0 Å². The number of carbonyl (C=O) groups is 1. The summed E-state index contributed by atoms with van der Waals surface area (Å²) in [5.41, 5.74) is 7.80. The number of Topliss-reactive ketones (excluding diaryl/α,β-unsaturated/α-hetero) is 1. The summed E-state index contributed by atoms with van der Waals surface area (Å²) in [5.74, 6) is 0.0456. The average molecular weight is 279 g/mol. The molecule has 5 nitrogen and oxygen atoms in total. The van der Waals surface area contributed by atoms with Crippen molar-refractivity contribution in [3.05, 3.63) is 59.3 Å². The molecule has 0 aliphatic heterocycles. The van der Waals surface area contributed by atoms with Crippen LogP contribution in [0.4, 0.5) is 11.5 Å². The van der Waals surface area contributed by atoms with Crippen molar-refractivity contribution in [2.75, 3.05) is 5.73 Å². The molecule has 0 unspecified atom stereocenters. The quantitative estimate of drug-likeness (QED) is 0.827. The molecule has 104 valence electrons. The van der Waals surface area contributed by atoms with E-state index in [9.17, 15) is 9.90 Å². The Kier molecular flexibility index (Phi) is 3.02. The van der Waals surface area contributed by atoms with Gasteiger partial charge in [-0.05, 0) is 19.1 Å². The first-order valence-electron chi connectivity index (χ1n) is 6.43. The minimum Gasteiger partial charge on any atom is -0.506 e. The number of carbonyl (C=O) groups excluding carboxylic acids is 1. The number of nitrogens with two attached hydrogens (primary N) is 1. The van der Waals surface area contributed by atoms with Gasteiger partial charge in [0.15, 0.2) is 11.6 Å². The van der Waals surface area contributed by atoms with Crippen LogP contribution in [0.15, 0.2) is 53.2 Å². The minimum atomic E-state index is -0.237. The molecule has 0 bridgehead atoms. The third-order valence-electron chi connectivity index (χ3n) is 3.34. The van der Waals surface area contributed by atoms with E-state index < -0.39 is 0 Å². The summed E-state index contributed by atoms with van der Waals surface area (Å²) in [5, 5.41) is 10.3. The van der Waals surface area contributed by atoms with Gasteiger partial charge in [0.05, 0.1) is 17.0 Å². The summed E-state index contributed by atoms with van der Waals surface area (Å²) in [7, 11) is 0. The van der Waals surface area contributed by atoms with Crippen LogP contribution in [-0.2, 0) is 0 Å². The van der Waals surface area contributed by atoms with Crippen LogP contribution in [0.1, 0.15) is 22.8 Å². The van der Waals surface area contributed by atoms with Gasteiger partial charge in [-0.15, -0.1) is 0 Å². The summed E-state index contributed by atoms with van der Waals surface area (Å²) in [6.07, 6.45) is 1.57. The molecule has 0 amide bonds. The fourth-order valence-electron chi connectivity index (χ4n) is 2.32. The van der Waals surface area contributed by atoms with Gasteiger partial charge < -0.3 is 10.8 Å². The smallest absolute Gasteiger partial charge is 0.199 e. The molecule has 3 N–H and O–H groups in total. The summed E-state index contributed by atoms with van der Waals surface area (Å²) in [6.45, 7) is 1.66. The van der Waals surface area contributed by atoms with E-state index in [4.69, 9.17) is 5.73 Å². The highest BCUT2D eigenvalue weighted by Gasteiger charge is 2.30. The molecule has 1 aromatic heterocycles. The van der Waals surface area contributed by atoms with E-state index in [0.29, 0.717) is 28.3 Å². The molecule has 1 heterocycles. The van der Waals surface area contributed by atoms with Crippen molar-refractivity contribution in [3.8, 4) is 0 Å². The zero-order chi connectivity index (χ0) is 15.0. The molecule has 1 aliphatic carbocycles. The van der Waals surface area contributed by atoms with Crippen LogP contribution in [0, 0.1) is 0 Å². The van der Waals surface area contributed by atoms with Gasteiger partial charge in [0, 0.05) is 17.3 Å². The lowest BCUT2D eigenvalue weighted by molar-refractivity contribution is 0.104. The highest BCUT2D eigenvalue weighted by Crippen LogP contribution is 2.32. The number of rotatable bonds is 2. The Morgan fingerprint density at radius 3 is 2.57 bits per heavy atom. The molecule has 2 aromatic rings. The van der Waals surface area contributed by atoms with Gasteiger partial charge in [-0.3, -0.25) is 4.79 Å². The van der Waals surface area contributed by atoms with E-state index in [-0.39, 0.29) is 17.1 Å². The number of aliphatic imine (C=N–C) groups is 1. The molecular weight excluding hydrogens is 266 g/mol. The first-order chi connectivity index (χ1) is 10.1. The van der Waals surface area contributed by atoms with Gasteiger partial charge in [-0.1, -0.05) is 24.3 Å². The predicted molar refractivity (Wildman–Crippen MR) is 81.7 cm³/mol. The van der Waals surface area contributed by atoms with E-state index in [1.165, 1.54) is 0 Å². The summed E-state index contributed by atoms with van der Waals surface area (Å²) >= 11 is 0. The molecule has 21 heavy (non-hydrogen) atoms. The maximum atomic E-state index is 12.4. The topological polar surface area (TPSA) is 88.6 Å². The SMILES string of the molecule is C/C(=N\c1ncccc1N)C1=C(O)c2ccccc2C1=O. The number of nitrogens with zero attached hydrogens (tertiary/aromatic N) is 2. The second kappa shape index (κ2) is 4.86. The van der Waals surface area contributed by atoms with Crippen molar-refractivity contribution >= 4 is 28.8 Å². The predicted octanol–water partition coefficient (Wildman–Crippen LogP) is 2.92. The Morgan fingerprint density at radius 2 is 1.90 bits per heavy atom. The number of pyridine rings is 1. The van der Waals surface area contributed by atoms with Crippen LogP contribution in [0.5, 0.6) is 0 Å². The van der Waals surface area contributed by atoms with Gasteiger partial charge in [-0.25, -0.2) is 9.98 Å². The van der Waals surface area contributed by atoms with E-state index in [1.807, 2.05) is 0 Å². The number of allylic oxidation sites excluding steroid dienone is 1. The third-order valence-corrected chi connectivity index (χ3v) is 3.34. The van der Waals surface area contributed by atoms with Crippen LogP contribution in [0.3, 0.4) is 0 Å². The van der Waals surface area contributed by atoms with E-state index in [1.54, 1.807) is 49.5 Å². The van der Waals surface area contributed by atoms with E-state index in [2.05, 4.69) is 9.98 Å². The highest BCUT2D eigenvalue weighted by atomic mass is 16.3. The maximum Gasteiger partial charge on any atom is 0.199 e. The Labute approximate surface area is 121 Å². The standard InChI is InChI=1S/C16H13N3O2/c1-9(19-16-12(17)7-4-8-18-16)13-14(20)10-5-2-3-6-11(10)15(13)21/h2-8,20H,17H2,1H3/b19-9+. The van der Waals surface area contributed by atoms with Gasteiger partial charge in [-0.2, -0.15) is 0 Å². The Morgan fingerprint density at radius 1 is 1.19 bits per heavy atom. The molecule has 5 heteroatoms. The zero-order valence-electron chi connectivity index (χ0n) is 11.4. The number of nitrogen functional groups attached to an aromatic ring is 1. The van der Waals surface area contributed by atoms with Crippen molar-refractivity contribution in [2.24, 2.45) is 4.99 Å². The molecule has 0 spiro atoms. The number of fused-ring (bicyclic) bond motifs is 1. The molecular formula is C16H13N3O2. The van der Waals surface area contributed by atoms with Crippen molar-refractivity contribution < 1.29 is 9.90 Å². The fraction of sp³-hybridized carbons (Fsp3) is 0.0625. The third kappa shape index (κ3) is 2.08. The highest BCUT2D eigenvalue weighted by molar-refractivity contribution is 6.35. The van der Waals surface area contributed by atoms with Gasteiger partial charge in [0.2, 0.25) is 0 Å². The number of ketones is 1. The second-order valence-electron chi connectivity index (χ2n) is 4.71. The minimum absolute atomic E-state index is 0.0497. The molecule has 0 fully saturated rings. The van der Waals surface area contributed by atoms with Crippen LogP contribution in [-0.4, -0.2) is 21.6 Å². The van der Waals surface area contributed by atoms with Crippen molar-refractivity contribution in [3.63, 3.8) is 0 Å². The Balaban J connectivity index is 2.08. The zero-order valence-corrected chi connectivity index (χ0v) is 11.4. The summed E-state index contributed by atoms with van der Waals surface area (Å²) in [6, 6.07) is 10.3. The molecule has 0 saturated carbocycles. The van der Waals surface area contributed by atoms with Crippen molar-refractivity contribution in [1.29, 1.82) is 0 Å². The van der Waals surface area contributed by atoms with Gasteiger partial charge >= 0.3 is 0 Å². The van der Waals surface area contributed by atoms with E-state index >= 15 is 0 Å². The normalized spacial score (nSPS) is 14.5. The first-order valence-corrected chi connectivity index (χ1v) is 6.43. The van der Waals surface area contributed by atoms with Crippen molar-refractivity contribution in [1.82, 2.24) is 4.98 Å². The summed E-state index contributed by atoms with van der Waals surface area (Å²) in [4.78, 5) is 20.7. The van der Waals surface area contributed by atoms with Crippen LogP contribution >= 0.6 is 0 Å². The molecule has 3 rings (SSSR count). The number of aliphatic hydroxyl groups excluding tert-OH is 1. The van der Waals surface area contributed by atoms with Gasteiger partial charge in [0.1, 0.15) is 5.76 Å². The molecule has 1 aliphatic rings. The number of hydrogen-bond acceptors (Lipinski definition) is 5. The number of anilines is 1. The van der Waals surface area contributed by atoms with Gasteiger partial charge in [0.25, 0.3) is 0 Å². The molecule has 0 radical (unpaired) electrons. The fourth-order valence-corrected chi connectivity index (χ4v) is 2.32. The Hall–Kier alpha value is -2.95. The number of hydrogen-bond donors (Lipinski definition) is 2. The average Bonchev–Trinajstić information content (AvgIpc) is 2.74. The lowest BCUT2D eigenvalue weighted by Crippen LogP contribution is -2.07. The number of aliphatic hydroxyl groups is 1. The molecule has 0 atom stereocenters.